The minimum absolute atomic E-state index is 0.279. The van der Waals surface area contributed by atoms with Gasteiger partial charge in [-0.2, -0.15) is 5.10 Å². The van der Waals surface area contributed by atoms with Gasteiger partial charge in [-0.3, -0.25) is 4.68 Å². The van der Waals surface area contributed by atoms with Crippen molar-refractivity contribution in [1.82, 2.24) is 15.1 Å². The van der Waals surface area contributed by atoms with Crippen LogP contribution in [0.25, 0.3) is 0 Å². The van der Waals surface area contributed by atoms with Crippen molar-refractivity contribution in [3.05, 3.63) is 52.3 Å². The highest BCUT2D eigenvalue weighted by Gasteiger charge is 2.14. The highest BCUT2D eigenvalue weighted by atomic mass is 79.9. The molecule has 0 saturated heterocycles. The fourth-order valence-electron chi connectivity index (χ4n) is 1.96. The van der Waals surface area contributed by atoms with Crippen molar-refractivity contribution in [2.45, 2.75) is 12.5 Å². The maximum atomic E-state index is 4.21. The van der Waals surface area contributed by atoms with Crippen molar-refractivity contribution in [2.24, 2.45) is 7.05 Å². The van der Waals surface area contributed by atoms with Gasteiger partial charge in [0.1, 0.15) is 0 Å². The highest BCUT2D eigenvalue weighted by molar-refractivity contribution is 9.10. The molecule has 1 atom stereocenters. The van der Waals surface area contributed by atoms with E-state index < -0.39 is 0 Å². The lowest BCUT2D eigenvalue weighted by Gasteiger charge is -2.17. The van der Waals surface area contributed by atoms with E-state index in [1.54, 1.807) is 0 Å². The Morgan fingerprint density at radius 3 is 2.71 bits per heavy atom. The zero-order valence-corrected chi connectivity index (χ0v) is 11.6. The number of benzene rings is 1. The first kappa shape index (κ1) is 12.3. The first-order chi connectivity index (χ1) is 8.22. The van der Waals surface area contributed by atoms with Gasteiger partial charge in [0, 0.05) is 17.7 Å². The molecule has 0 radical (unpaired) electrons. The van der Waals surface area contributed by atoms with Crippen LogP contribution in [0.3, 0.4) is 0 Å². The lowest BCUT2D eigenvalue weighted by molar-refractivity contribution is 0.537. The normalized spacial score (nSPS) is 12.6. The number of halogens is 1. The first-order valence-electron chi connectivity index (χ1n) is 5.61. The Kier molecular flexibility index (Phi) is 3.97. The van der Waals surface area contributed by atoms with E-state index in [0.29, 0.717) is 0 Å². The third-order valence-electron chi connectivity index (χ3n) is 2.95. The van der Waals surface area contributed by atoms with Crippen LogP contribution in [0.4, 0.5) is 0 Å². The van der Waals surface area contributed by atoms with E-state index in [1.165, 1.54) is 11.3 Å². The van der Waals surface area contributed by atoms with Crippen LogP contribution < -0.4 is 5.32 Å². The summed E-state index contributed by atoms with van der Waals surface area (Å²) in [5.41, 5.74) is 2.50. The van der Waals surface area contributed by atoms with Crippen molar-refractivity contribution in [3.63, 3.8) is 0 Å². The van der Waals surface area contributed by atoms with Crippen molar-refractivity contribution in [3.8, 4) is 0 Å². The second-order valence-corrected chi connectivity index (χ2v) is 4.87. The quantitative estimate of drug-likeness (QED) is 0.939. The molecule has 0 saturated carbocycles. The molecule has 90 valence electrons. The smallest absolute Gasteiger partial charge is 0.0553 e. The molecule has 4 heteroatoms. The van der Waals surface area contributed by atoms with Crippen LogP contribution in [-0.4, -0.2) is 16.8 Å². The molecule has 1 aromatic carbocycles. The number of nitrogens with one attached hydrogen (secondary N) is 1. The molecule has 2 rings (SSSR count). The van der Waals surface area contributed by atoms with Crippen molar-refractivity contribution < 1.29 is 0 Å². The third-order valence-corrected chi connectivity index (χ3v) is 3.72. The zero-order valence-electron chi connectivity index (χ0n) is 10.0. The van der Waals surface area contributed by atoms with Gasteiger partial charge in [0.25, 0.3) is 0 Å². The van der Waals surface area contributed by atoms with Gasteiger partial charge in [-0.15, -0.1) is 0 Å². The molecular formula is C13H16BrN3. The van der Waals surface area contributed by atoms with Gasteiger partial charge in [-0.05, 0) is 31.2 Å². The first-order valence-corrected chi connectivity index (χ1v) is 6.40. The minimum atomic E-state index is 0.279. The molecule has 2 aromatic rings. The topological polar surface area (TPSA) is 29.9 Å². The molecule has 1 unspecified atom stereocenters. The van der Waals surface area contributed by atoms with Gasteiger partial charge >= 0.3 is 0 Å². The summed E-state index contributed by atoms with van der Waals surface area (Å²) in [6, 6.07) is 10.7. The van der Waals surface area contributed by atoms with Crippen molar-refractivity contribution in [1.29, 1.82) is 0 Å². The van der Waals surface area contributed by atoms with Crippen molar-refractivity contribution in [2.75, 3.05) is 7.05 Å². The van der Waals surface area contributed by atoms with Gasteiger partial charge < -0.3 is 5.32 Å². The van der Waals surface area contributed by atoms with E-state index in [9.17, 15) is 0 Å². The SMILES string of the molecule is CNC(Cc1ccccc1Br)c1ccnn1C. The summed E-state index contributed by atoms with van der Waals surface area (Å²) in [5.74, 6) is 0. The Morgan fingerprint density at radius 1 is 1.35 bits per heavy atom. The van der Waals surface area contributed by atoms with E-state index in [4.69, 9.17) is 0 Å². The standard InChI is InChI=1S/C13H16BrN3/c1-15-12(13-7-8-16-17(13)2)9-10-5-3-4-6-11(10)14/h3-8,12,15H,9H2,1-2H3. The summed E-state index contributed by atoms with van der Waals surface area (Å²) >= 11 is 3.59. The van der Waals surface area contributed by atoms with Crippen LogP contribution in [0.5, 0.6) is 0 Å². The Morgan fingerprint density at radius 2 is 2.12 bits per heavy atom. The maximum absolute atomic E-state index is 4.21. The molecule has 0 aliphatic carbocycles. The molecular weight excluding hydrogens is 278 g/mol. The number of aromatic nitrogens is 2. The number of hydrogen-bond acceptors (Lipinski definition) is 2. The van der Waals surface area contributed by atoms with Gasteiger partial charge in [-0.25, -0.2) is 0 Å². The molecule has 0 aliphatic heterocycles. The predicted octanol–water partition coefficient (Wildman–Crippen LogP) is 2.69. The Bertz CT molecular complexity index is 493. The van der Waals surface area contributed by atoms with Crippen LogP contribution in [0.15, 0.2) is 41.0 Å². The largest absolute Gasteiger partial charge is 0.311 e. The average Bonchev–Trinajstić information content (AvgIpc) is 2.75. The molecule has 3 nitrogen and oxygen atoms in total. The lowest BCUT2D eigenvalue weighted by Crippen LogP contribution is -2.21. The summed E-state index contributed by atoms with van der Waals surface area (Å²) in [4.78, 5) is 0. The van der Waals surface area contributed by atoms with E-state index in [-0.39, 0.29) is 6.04 Å². The van der Waals surface area contributed by atoms with Gasteiger partial charge in [0.15, 0.2) is 0 Å². The summed E-state index contributed by atoms with van der Waals surface area (Å²) in [6.07, 6.45) is 2.77. The zero-order chi connectivity index (χ0) is 12.3. The summed E-state index contributed by atoms with van der Waals surface area (Å²) < 4.78 is 3.07. The molecule has 0 fully saturated rings. The van der Waals surface area contributed by atoms with Crippen LogP contribution in [0.1, 0.15) is 17.3 Å². The lowest BCUT2D eigenvalue weighted by atomic mass is 10.0. The highest BCUT2D eigenvalue weighted by Crippen LogP contribution is 2.23. The Balaban J connectivity index is 2.22. The fraction of sp³-hybridized carbons (Fsp3) is 0.308. The van der Waals surface area contributed by atoms with Gasteiger partial charge in [0.05, 0.1) is 11.7 Å². The van der Waals surface area contributed by atoms with Gasteiger partial charge in [-0.1, -0.05) is 34.1 Å². The van der Waals surface area contributed by atoms with E-state index >= 15 is 0 Å². The molecule has 0 bridgehead atoms. The third kappa shape index (κ3) is 2.76. The second-order valence-electron chi connectivity index (χ2n) is 4.02. The van der Waals surface area contributed by atoms with Crippen LogP contribution in [0, 0.1) is 0 Å². The summed E-state index contributed by atoms with van der Waals surface area (Å²) in [6.45, 7) is 0. The maximum Gasteiger partial charge on any atom is 0.0553 e. The van der Waals surface area contributed by atoms with E-state index in [2.05, 4.69) is 50.6 Å². The molecule has 0 spiro atoms. The molecule has 17 heavy (non-hydrogen) atoms. The molecule has 0 aliphatic rings. The number of aryl methyl sites for hydroxylation is 1. The number of hydrogen-bond donors (Lipinski definition) is 1. The Labute approximate surface area is 110 Å². The van der Waals surface area contributed by atoms with E-state index in [1.807, 2.05) is 31.0 Å². The fourth-order valence-corrected chi connectivity index (χ4v) is 2.41. The number of nitrogens with zero attached hydrogens (tertiary/aromatic N) is 2. The summed E-state index contributed by atoms with van der Waals surface area (Å²) in [7, 11) is 3.95. The van der Waals surface area contributed by atoms with Gasteiger partial charge in [0.2, 0.25) is 0 Å². The summed E-state index contributed by atoms with van der Waals surface area (Å²) in [5, 5.41) is 7.55. The molecule has 0 amide bonds. The van der Waals surface area contributed by atoms with Crippen LogP contribution >= 0.6 is 15.9 Å². The minimum Gasteiger partial charge on any atom is -0.311 e. The van der Waals surface area contributed by atoms with Crippen LogP contribution in [-0.2, 0) is 13.5 Å². The second kappa shape index (κ2) is 5.47. The van der Waals surface area contributed by atoms with E-state index in [0.717, 1.165) is 10.9 Å². The molecule has 1 N–H and O–H groups in total. The van der Waals surface area contributed by atoms with Crippen molar-refractivity contribution >= 4 is 15.9 Å². The monoisotopic (exact) mass is 293 g/mol. The molecule has 1 aromatic heterocycles. The Hall–Kier alpha value is -1.13. The molecule has 1 heterocycles. The number of rotatable bonds is 4. The predicted molar refractivity (Wildman–Crippen MR) is 72.9 cm³/mol. The van der Waals surface area contributed by atoms with Crippen LogP contribution in [0.2, 0.25) is 0 Å². The average molecular weight is 294 g/mol. The number of likely N-dealkylation sites (N-methyl/N-ethyl adjacent to an activating group) is 1.